The Morgan fingerprint density at radius 3 is 2.79 bits per heavy atom. The van der Waals surface area contributed by atoms with Gasteiger partial charge >= 0.3 is 0 Å². The van der Waals surface area contributed by atoms with Crippen LogP contribution < -0.4 is 10.1 Å². The van der Waals surface area contributed by atoms with E-state index in [1.165, 1.54) is 0 Å². The highest BCUT2D eigenvalue weighted by Gasteiger charge is 2.21. The second-order valence-electron chi connectivity index (χ2n) is 7.65. The van der Waals surface area contributed by atoms with E-state index in [2.05, 4.69) is 35.2 Å². The van der Waals surface area contributed by atoms with Gasteiger partial charge in [-0.05, 0) is 54.7 Å². The zero-order valence-corrected chi connectivity index (χ0v) is 16.9. The van der Waals surface area contributed by atoms with Gasteiger partial charge in [-0.3, -0.25) is 0 Å². The molecular formula is C23H27N3O3. The maximum atomic E-state index is 9.53. The van der Waals surface area contributed by atoms with Crippen LogP contribution in [0.1, 0.15) is 32.3 Å². The molecule has 3 aromatic rings. The second-order valence-corrected chi connectivity index (χ2v) is 7.65. The zero-order valence-electron chi connectivity index (χ0n) is 16.9. The van der Waals surface area contributed by atoms with Crippen LogP contribution in [0.15, 0.2) is 42.7 Å². The maximum absolute atomic E-state index is 9.53. The van der Waals surface area contributed by atoms with Crippen LogP contribution in [0.3, 0.4) is 0 Å². The average molecular weight is 393 g/mol. The lowest BCUT2D eigenvalue weighted by Gasteiger charge is -2.26. The van der Waals surface area contributed by atoms with Gasteiger partial charge in [0, 0.05) is 5.69 Å². The quantitative estimate of drug-likeness (QED) is 0.604. The summed E-state index contributed by atoms with van der Waals surface area (Å²) in [4.78, 5) is 8.91. The number of nitrogens with one attached hydrogen (secondary N) is 1. The lowest BCUT2D eigenvalue weighted by atomic mass is 10.0. The third kappa shape index (κ3) is 4.43. The number of aromatic hydroxyl groups is 1. The first-order chi connectivity index (χ1) is 14.1. The lowest BCUT2D eigenvalue weighted by molar-refractivity contribution is 0.00230. The van der Waals surface area contributed by atoms with Crippen LogP contribution in [-0.4, -0.2) is 34.4 Å². The van der Waals surface area contributed by atoms with Gasteiger partial charge in [0.1, 0.15) is 30.3 Å². The molecule has 6 nitrogen and oxygen atoms in total. The van der Waals surface area contributed by atoms with Crippen molar-refractivity contribution in [1.82, 2.24) is 9.97 Å². The van der Waals surface area contributed by atoms with Crippen molar-refractivity contribution in [3.8, 4) is 11.5 Å². The fraction of sp³-hybridized carbons (Fsp3) is 0.391. The first-order valence-electron chi connectivity index (χ1n) is 10.2. The van der Waals surface area contributed by atoms with Crippen LogP contribution in [-0.2, 0) is 11.2 Å². The van der Waals surface area contributed by atoms with E-state index in [0.29, 0.717) is 24.9 Å². The summed E-state index contributed by atoms with van der Waals surface area (Å²) in [6, 6.07) is 11.0. The molecule has 29 heavy (non-hydrogen) atoms. The maximum Gasteiger partial charge on any atom is 0.145 e. The van der Waals surface area contributed by atoms with E-state index in [-0.39, 0.29) is 11.9 Å². The Bertz CT molecular complexity index is 975. The lowest BCUT2D eigenvalue weighted by Crippen LogP contribution is -2.27. The largest absolute Gasteiger partial charge is 0.508 e. The highest BCUT2D eigenvalue weighted by atomic mass is 16.5. The molecule has 0 bridgehead atoms. The molecule has 2 atom stereocenters. The van der Waals surface area contributed by atoms with Crippen LogP contribution in [0.2, 0.25) is 0 Å². The molecule has 2 unspecified atom stereocenters. The summed E-state index contributed by atoms with van der Waals surface area (Å²) in [5.74, 6) is 2.35. The number of hydrogen-bond donors (Lipinski definition) is 2. The first-order valence-corrected chi connectivity index (χ1v) is 10.2. The summed E-state index contributed by atoms with van der Waals surface area (Å²) in [6.07, 6.45) is 4.55. The minimum atomic E-state index is 0.0893. The molecule has 1 aliphatic heterocycles. The number of aromatic nitrogens is 2. The molecule has 2 aromatic carbocycles. The van der Waals surface area contributed by atoms with Crippen molar-refractivity contribution < 1.29 is 14.6 Å². The number of rotatable bonds is 5. The SMILES string of the molecule is CCC(C)CC1COc2c(ccc3ncnc(Nc4ccc(O)cc4)c23)CCO1. The summed E-state index contributed by atoms with van der Waals surface area (Å²) in [7, 11) is 0. The van der Waals surface area contributed by atoms with Gasteiger partial charge in [0.15, 0.2) is 0 Å². The van der Waals surface area contributed by atoms with Crippen molar-refractivity contribution in [2.24, 2.45) is 5.92 Å². The van der Waals surface area contributed by atoms with E-state index in [0.717, 1.165) is 47.2 Å². The van der Waals surface area contributed by atoms with Crippen molar-refractivity contribution in [3.63, 3.8) is 0 Å². The minimum absolute atomic E-state index is 0.0893. The summed E-state index contributed by atoms with van der Waals surface area (Å²) >= 11 is 0. The molecule has 0 saturated heterocycles. The van der Waals surface area contributed by atoms with Crippen molar-refractivity contribution in [2.75, 3.05) is 18.5 Å². The van der Waals surface area contributed by atoms with Crippen LogP contribution in [0.25, 0.3) is 10.9 Å². The Kier molecular flexibility index (Phi) is 5.81. The molecule has 0 radical (unpaired) electrons. The number of hydrogen-bond acceptors (Lipinski definition) is 6. The smallest absolute Gasteiger partial charge is 0.145 e. The van der Waals surface area contributed by atoms with Gasteiger partial charge < -0.3 is 19.9 Å². The minimum Gasteiger partial charge on any atom is -0.508 e. The van der Waals surface area contributed by atoms with Gasteiger partial charge in [-0.2, -0.15) is 0 Å². The molecule has 4 rings (SSSR count). The van der Waals surface area contributed by atoms with Gasteiger partial charge in [0.05, 0.1) is 23.6 Å². The van der Waals surface area contributed by atoms with Crippen LogP contribution in [0, 0.1) is 5.92 Å². The second kappa shape index (κ2) is 8.66. The molecule has 152 valence electrons. The highest BCUT2D eigenvalue weighted by Crippen LogP contribution is 2.36. The van der Waals surface area contributed by atoms with Crippen molar-refractivity contribution >= 4 is 22.4 Å². The number of fused-ring (bicyclic) bond motifs is 3. The zero-order chi connectivity index (χ0) is 20.2. The van der Waals surface area contributed by atoms with Gasteiger partial charge in [-0.15, -0.1) is 0 Å². The van der Waals surface area contributed by atoms with Gasteiger partial charge in [-0.25, -0.2) is 9.97 Å². The van der Waals surface area contributed by atoms with E-state index in [1.54, 1.807) is 18.5 Å². The number of phenols is 1. The fourth-order valence-corrected chi connectivity index (χ4v) is 3.61. The number of nitrogens with zero attached hydrogens (tertiary/aromatic N) is 2. The first kappa shape index (κ1) is 19.5. The molecular weight excluding hydrogens is 366 g/mol. The third-order valence-corrected chi connectivity index (χ3v) is 5.47. The van der Waals surface area contributed by atoms with E-state index in [1.807, 2.05) is 18.2 Å². The molecule has 0 aliphatic carbocycles. The number of benzene rings is 2. The molecule has 0 saturated carbocycles. The van der Waals surface area contributed by atoms with Gasteiger partial charge in [0.25, 0.3) is 0 Å². The van der Waals surface area contributed by atoms with Crippen LogP contribution >= 0.6 is 0 Å². The highest BCUT2D eigenvalue weighted by molar-refractivity contribution is 5.96. The number of anilines is 2. The monoisotopic (exact) mass is 393 g/mol. The van der Waals surface area contributed by atoms with Crippen LogP contribution in [0.4, 0.5) is 11.5 Å². The topological polar surface area (TPSA) is 76.5 Å². The Balaban J connectivity index is 1.68. The summed E-state index contributed by atoms with van der Waals surface area (Å²) in [5.41, 5.74) is 2.77. The molecule has 2 N–H and O–H groups in total. The van der Waals surface area contributed by atoms with Crippen molar-refractivity contribution in [2.45, 2.75) is 39.2 Å². The normalized spacial score (nSPS) is 17.7. The molecule has 1 aromatic heterocycles. The molecule has 6 heteroatoms. The molecule has 0 amide bonds. The van der Waals surface area contributed by atoms with E-state index in [9.17, 15) is 5.11 Å². The Morgan fingerprint density at radius 1 is 1.17 bits per heavy atom. The van der Waals surface area contributed by atoms with Gasteiger partial charge in [-0.1, -0.05) is 26.3 Å². The Labute approximate surface area is 170 Å². The molecule has 1 aliphatic rings. The molecule has 0 spiro atoms. The van der Waals surface area contributed by atoms with Crippen molar-refractivity contribution in [3.05, 3.63) is 48.3 Å². The van der Waals surface area contributed by atoms with E-state index in [4.69, 9.17) is 9.47 Å². The third-order valence-electron chi connectivity index (χ3n) is 5.47. The van der Waals surface area contributed by atoms with E-state index < -0.39 is 0 Å². The number of ether oxygens (including phenoxy) is 2. The number of phenolic OH excluding ortho intramolecular Hbond substituents is 1. The Hall–Kier alpha value is -2.86. The summed E-state index contributed by atoms with van der Waals surface area (Å²) < 4.78 is 12.4. The molecule has 0 fully saturated rings. The summed E-state index contributed by atoms with van der Waals surface area (Å²) in [5, 5.41) is 13.7. The predicted octanol–water partition coefficient (Wildman–Crippen LogP) is 4.84. The molecule has 2 heterocycles. The fourth-order valence-electron chi connectivity index (χ4n) is 3.61. The Morgan fingerprint density at radius 2 is 2.00 bits per heavy atom. The van der Waals surface area contributed by atoms with Crippen molar-refractivity contribution in [1.29, 1.82) is 0 Å². The van der Waals surface area contributed by atoms with Crippen LogP contribution in [0.5, 0.6) is 11.5 Å². The average Bonchev–Trinajstić information content (AvgIpc) is 2.72. The van der Waals surface area contributed by atoms with E-state index >= 15 is 0 Å². The summed E-state index contributed by atoms with van der Waals surface area (Å²) in [6.45, 7) is 5.65. The van der Waals surface area contributed by atoms with Gasteiger partial charge in [0.2, 0.25) is 0 Å². The standard InChI is InChI=1S/C23H27N3O3/c1-3-15(2)12-19-13-29-22-16(10-11-28-19)4-9-20-21(22)23(25-14-24-20)26-17-5-7-18(27)8-6-17/h4-9,14-15,19,27H,3,10-13H2,1-2H3,(H,24,25,26). The predicted molar refractivity (Wildman–Crippen MR) is 114 cm³/mol.